The molecular weight excluding hydrogens is 268 g/mol. The molecule has 0 saturated carbocycles. The van der Waals surface area contributed by atoms with E-state index in [0.29, 0.717) is 0 Å². The Hall–Kier alpha value is -2.11. The number of rotatable bonds is 4. The molecule has 0 heterocycles. The molecule has 8 heteroatoms. The van der Waals surface area contributed by atoms with Gasteiger partial charge in [0.1, 0.15) is 6.07 Å². The van der Waals surface area contributed by atoms with E-state index in [2.05, 4.69) is 10.0 Å². The summed E-state index contributed by atoms with van der Waals surface area (Å²) in [6.45, 7) is 1.40. The van der Waals surface area contributed by atoms with Crippen molar-refractivity contribution in [2.24, 2.45) is 0 Å². The van der Waals surface area contributed by atoms with Crippen molar-refractivity contribution in [3.8, 4) is 6.07 Å². The monoisotopic (exact) mass is 282 g/mol. The topological polar surface area (TPSA) is 125 Å². The fourth-order valence-electron chi connectivity index (χ4n) is 1.44. The molecule has 0 aromatic heterocycles. The summed E-state index contributed by atoms with van der Waals surface area (Å²) in [6.07, 6.45) is 0. The molecule has 1 rings (SSSR count). The third-order valence-electron chi connectivity index (χ3n) is 2.39. The van der Waals surface area contributed by atoms with E-state index in [-0.39, 0.29) is 16.1 Å². The zero-order valence-corrected chi connectivity index (χ0v) is 11.3. The summed E-state index contributed by atoms with van der Waals surface area (Å²) >= 11 is 0. The molecule has 1 unspecified atom stereocenters. The average molecular weight is 282 g/mol. The average Bonchev–Trinajstić information content (AvgIpc) is 2.36. The normalized spacial score (nSPS) is 12.5. The predicted octanol–water partition coefficient (Wildman–Crippen LogP) is -0.447. The van der Waals surface area contributed by atoms with Crippen LogP contribution in [0.5, 0.6) is 0 Å². The second-order valence-electron chi connectivity index (χ2n) is 3.82. The van der Waals surface area contributed by atoms with Crippen molar-refractivity contribution in [3.05, 3.63) is 23.8 Å². The van der Waals surface area contributed by atoms with E-state index in [0.717, 1.165) is 0 Å². The van der Waals surface area contributed by atoms with E-state index in [9.17, 15) is 13.2 Å². The number of carbonyl (C=O) groups excluding carboxylic acids is 1. The number of sulfonamides is 1. The van der Waals surface area contributed by atoms with Crippen molar-refractivity contribution in [2.45, 2.75) is 17.9 Å². The lowest BCUT2D eigenvalue weighted by Crippen LogP contribution is -2.43. The molecule has 1 aromatic rings. The molecule has 7 nitrogen and oxygen atoms in total. The minimum Gasteiger partial charge on any atom is -0.399 e. The van der Waals surface area contributed by atoms with Gasteiger partial charge in [-0.1, -0.05) is 0 Å². The fourth-order valence-corrected chi connectivity index (χ4v) is 2.78. The number of nitriles is 1. The Bertz CT molecular complexity index is 634. The van der Waals surface area contributed by atoms with Crippen LogP contribution in [-0.2, 0) is 14.8 Å². The predicted molar refractivity (Wildman–Crippen MR) is 69.4 cm³/mol. The van der Waals surface area contributed by atoms with Crippen LogP contribution in [0.2, 0.25) is 0 Å². The van der Waals surface area contributed by atoms with Crippen LogP contribution in [0.25, 0.3) is 0 Å². The summed E-state index contributed by atoms with van der Waals surface area (Å²) in [5.41, 5.74) is 5.70. The van der Waals surface area contributed by atoms with E-state index in [1.165, 1.54) is 32.2 Å². The van der Waals surface area contributed by atoms with Crippen molar-refractivity contribution in [1.82, 2.24) is 10.0 Å². The van der Waals surface area contributed by atoms with Gasteiger partial charge in [-0.15, -0.1) is 0 Å². The molecule has 4 N–H and O–H groups in total. The standard InChI is InChI=1S/C11H14N4O3S/c1-7(11(16)14-2)15-19(17,18)10-4-3-9(13)5-8(10)6-12/h3-5,7,15H,13H2,1-2H3,(H,14,16). The number of amides is 1. The lowest BCUT2D eigenvalue weighted by molar-refractivity contribution is -0.121. The van der Waals surface area contributed by atoms with E-state index in [1.54, 1.807) is 6.07 Å². The second kappa shape index (κ2) is 5.69. The summed E-state index contributed by atoms with van der Waals surface area (Å²) in [5.74, 6) is -0.475. The van der Waals surface area contributed by atoms with Crippen molar-refractivity contribution < 1.29 is 13.2 Å². The van der Waals surface area contributed by atoms with E-state index in [1.807, 2.05) is 0 Å². The molecule has 1 amide bonds. The Morgan fingerprint density at radius 3 is 2.63 bits per heavy atom. The number of nitrogens with two attached hydrogens (primary N) is 1. The first-order valence-corrected chi connectivity index (χ1v) is 6.83. The highest BCUT2D eigenvalue weighted by atomic mass is 32.2. The van der Waals surface area contributed by atoms with Gasteiger partial charge in [0, 0.05) is 12.7 Å². The number of carbonyl (C=O) groups is 1. The smallest absolute Gasteiger partial charge is 0.242 e. The number of likely N-dealkylation sites (N-methyl/N-ethyl adjacent to an activating group) is 1. The van der Waals surface area contributed by atoms with Crippen molar-refractivity contribution in [2.75, 3.05) is 12.8 Å². The van der Waals surface area contributed by atoms with Crippen molar-refractivity contribution in [3.63, 3.8) is 0 Å². The molecule has 0 saturated heterocycles. The van der Waals surface area contributed by atoms with Gasteiger partial charge in [0.05, 0.1) is 16.5 Å². The Labute approximate surface area is 111 Å². The minimum absolute atomic E-state index is 0.0726. The zero-order chi connectivity index (χ0) is 14.6. The summed E-state index contributed by atoms with van der Waals surface area (Å²) in [6, 6.07) is 4.68. The largest absolute Gasteiger partial charge is 0.399 e. The van der Waals surface area contributed by atoms with Crippen LogP contribution in [0.3, 0.4) is 0 Å². The molecule has 102 valence electrons. The fraction of sp³-hybridized carbons (Fsp3) is 0.273. The van der Waals surface area contributed by atoms with Gasteiger partial charge in [0.25, 0.3) is 0 Å². The molecule has 0 radical (unpaired) electrons. The molecular formula is C11H14N4O3S. The molecule has 0 spiro atoms. The number of hydrogen-bond donors (Lipinski definition) is 3. The van der Waals surface area contributed by atoms with Gasteiger partial charge in [-0.05, 0) is 25.1 Å². The minimum atomic E-state index is -3.96. The highest BCUT2D eigenvalue weighted by Crippen LogP contribution is 2.18. The van der Waals surface area contributed by atoms with E-state index in [4.69, 9.17) is 11.0 Å². The van der Waals surface area contributed by atoms with Crippen LogP contribution in [-0.4, -0.2) is 27.4 Å². The zero-order valence-electron chi connectivity index (χ0n) is 10.5. The van der Waals surface area contributed by atoms with Crippen LogP contribution >= 0.6 is 0 Å². The number of anilines is 1. The van der Waals surface area contributed by atoms with Gasteiger partial charge in [-0.2, -0.15) is 9.98 Å². The van der Waals surface area contributed by atoms with Gasteiger partial charge in [0.15, 0.2) is 0 Å². The van der Waals surface area contributed by atoms with Gasteiger partial charge in [0.2, 0.25) is 15.9 Å². The molecule has 0 fully saturated rings. The van der Waals surface area contributed by atoms with Gasteiger partial charge in [-0.25, -0.2) is 8.42 Å². The third-order valence-corrected chi connectivity index (χ3v) is 3.98. The first-order chi connectivity index (χ1) is 8.81. The number of hydrogen-bond acceptors (Lipinski definition) is 5. The Morgan fingerprint density at radius 1 is 1.47 bits per heavy atom. The highest BCUT2D eigenvalue weighted by Gasteiger charge is 2.23. The molecule has 1 aromatic carbocycles. The number of nitrogens with one attached hydrogen (secondary N) is 2. The molecule has 0 aliphatic carbocycles. The molecule has 0 bridgehead atoms. The summed E-state index contributed by atoms with van der Waals surface area (Å²) in [4.78, 5) is 11.1. The lowest BCUT2D eigenvalue weighted by atomic mass is 10.2. The van der Waals surface area contributed by atoms with Gasteiger partial charge in [-0.3, -0.25) is 4.79 Å². The maximum atomic E-state index is 12.1. The van der Waals surface area contributed by atoms with Crippen molar-refractivity contribution in [1.29, 1.82) is 5.26 Å². The van der Waals surface area contributed by atoms with Crippen molar-refractivity contribution >= 4 is 21.6 Å². The molecule has 1 atom stereocenters. The van der Waals surface area contributed by atoms with Crippen LogP contribution < -0.4 is 15.8 Å². The van der Waals surface area contributed by atoms with Gasteiger partial charge < -0.3 is 11.1 Å². The van der Waals surface area contributed by atoms with E-state index < -0.39 is 22.0 Å². The number of nitrogen functional groups attached to an aromatic ring is 1. The molecule has 0 aliphatic rings. The summed E-state index contributed by atoms with van der Waals surface area (Å²) in [5, 5.41) is 11.2. The highest BCUT2D eigenvalue weighted by molar-refractivity contribution is 7.89. The molecule has 19 heavy (non-hydrogen) atoms. The Kier molecular flexibility index (Phi) is 4.47. The number of benzene rings is 1. The van der Waals surface area contributed by atoms with Crippen LogP contribution in [0.15, 0.2) is 23.1 Å². The summed E-state index contributed by atoms with van der Waals surface area (Å²) in [7, 11) is -2.56. The second-order valence-corrected chi connectivity index (χ2v) is 5.51. The molecule has 0 aliphatic heterocycles. The quantitative estimate of drug-likeness (QED) is 0.645. The van der Waals surface area contributed by atoms with Gasteiger partial charge >= 0.3 is 0 Å². The SMILES string of the molecule is CNC(=O)C(C)NS(=O)(=O)c1ccc(N)cc1C#N. The first kappa shape index (κ1) is 14.9. The lowest BCUT2D eigenvalue weighted by Gasteiger charge is -2.13. The summed E-state index contributed by atoms with van der Waals surface area (Å²) < 4.78 is 26.3. The maximum Gasteiger partial charge on any atom is 0.242 e. The Morgan fingerprint density at radius 2 is 2.11 bits per heavy atom. The van der Waals surface area contributed by atoms with Crippen LogP contribution in [0, 0.1) is 11.3 Å². The number of nitrogens with zero attached hydrogens (tertiary/aromatic N) is 1. The van der Waals surface area contributed by atoms with Crippen LogP contribution in [0.4, 0.5) is 5.69 Å². The first-order valence-electron chi connectivity index (χ1n) is 5.35. The third kappa shape index (κ3) is 3.43. The maximum absolute atomic E-state index is 12.1. The van der Waals surface area contributed by atoms with E-state index >= 15 is 0 Å². The Balaban J connectivity index is 3.15. The van der Waals surface area contributed by atoms with Crippen LogP contribution in [0.1, 0.15) is 12.5 Å².